The molecule has 10 nitrogen and oxygen atoms in total. The molecule has 2 aliphatic rings. The van der Waals surface area contributed by atoms with Crippen molar-refractivity contribution in [2.24, 2.45) is 5.92 Å². The predicted octanol–water partition coefficient (Wildman–Crippen LogP) is 1.42. The van der Waals surface area contributed by atoms with Gasteiger partial charge in [0.2, 0.25) is 11.8 Å². The Morgan fingerprint density at radius 1 is 1.23 bits per heavy atom. The van der Waals surface area contributed by atoms with Crippen molar-refractivity contribution in [1.82, 2.24) is 19.9 Å². The number of hydrogen-bond acceptors (Lipinski definition) is 8. The van der Waals surface area contributed by atoms with Crippen LogP contribution in [0.3, 0.4) is 0 Å². The molecule has 2 fully saturated rings. The van der Waals surface area contributed by atoms with Gasteiger partial charge in [-0.2, -0.15) is 5.26 Å². The Hall–Kier alpha value is -3.58. The quantitative estimate of drug-likeness (QED) is 0.686. The van der Waals surface area contributed by atoms with Crippen molar-refractivity contribution in [3.8, 4) is 17.3 Å². The third-order valence-electron chi connectivity index (χ3n) is 5.42. The van der Waals surface area contributed by atoms with Gasteiger partial charge >= 0.3 is 0 Å². The number of aromatic nitrogens is 3. The van der Waals surface area contributed by atoms with Gasteiger partial charge in [0, 0.05) is 31.3 Å². The van der Waals surface area contributed by atoms with E-state index in [0.29, 0.717) is 36.0 Å². The van der Waals surface area contributed by atoms with Crippen molar-refractivity contribution in [3.63, 3.8) is 0 Å². The summed E-state index contributed by atoms with van der Waals surface area (Å²) < 4.78 is 5.33. The van der Waals surface area contributed by atoms with Crippen LogP contribution in [0, 0.1) is 17.2 Å². The number of nitriles is 1. The van der Waals surface area contributed by atoms with E-state index in [-0.39, 0.29) is 36.0 Å². The maximum Gasteiger partial charge on any atom is 0.241 e. The monoisotopic (exact) mass is 421 g/mol. The lowest BCUT2D eigenvalue weighted by Gasteiger charge is -2.23. The molecule has 2 aromatic rings. The molecule has 1 aliphatic carbocycles. The van der Waals surface area contributed by atoms with Crippen molar-refractivity contribution in [1.29, 1.82) is 5.26 Å². The van der Waals surface area contributed by atoms with Crippen LogP contribution in [0.1, 0.15) is 25.0 Å². The first-order valence-corrected chi connectivity index (χ1v) is 10.2. The molecule has 160 valence electrons. The summed E-state index contributed by atoms with van der Waals surface area (Å²) in [5.74, 6) is 0.346. The van der Waals surface area contributed by atoms with Crippen LogP contribution < -0.4 is 10.6 Å². The molecule has 31 heavy (non-hydrogen) atoms. The van der Waals surface area contributed by atoms with Crippen LogP contribution in [-0.2, 0) is 14.3 Å². The number of likely N-dealkylation sites (N-methyl/N-ethyl adjacent to an activating group) is 1. The van der Waals surface area contributed by atoms with Gasteiger partial charge < -0.3 is 20.3 Å². The Balaban J connectivity index is 1.43. The van der Waals surface area contributed by atoms with Gasteiger partial charge in [0.25, 0.3) is 0 Å². The molecule has 0 bridgehead atoms. The highest BCUT2D eigenvalue weighted by atomic mass is 16.5. The number of rotatable bonds is 7. The Bertz CT molecular complexity index is 1010. The number of ether oxygens (including phenoxy) is 1. The van der Waals surface area contributed by atoms with E-state index in [9.17, 15) is 14.9 Å². The molecule has 4 rings (SSSR count). The maximum atomic E-state index is 12.5. The van der Waals surface area contributed by atoms with Gasteiger partial charge in [-0.05, 0) is 25.3 Å². The molecular formula is C21H23N7O3. The second-order valence-corrected chi connectivity index (χ2v) is 7.66. The second-order valence-electron chi connectivity index (χ2n) is 7.66. The molecule has 1 saturated heterocycles. The summed E-state index contributed by atoms with van der Waals surface area (Å²) in [6.45, 7) is 1.23. The van der Waals surface area contributed by atoms with Gasteiger partial charge in [-0.3, -0.25) is 14.6 Å². The van der Waals surface area contributed by atoms with Crippen molar-refractivity contribution < 1.29 is 14.3 Å². The summed E-state index contributed by atoms with van der Waals surface area (Å²) in [5, 5.41) is 15.1. The van der Waals surface area contributed by atoms with Gasteiger partial charge in [0.15, 0.2) is 11.5 Å². The van der Waals surface area contributed by atoms with Crippen molar-refractivity contribution in [2.45, 2.75) is 25.3 Å². The number of amides is 2. The molecule has 0 spiro atoms. The van der Waals surface area contributed by atoms with Crippen LogP contribution in [0.15, 0.2) is 24.7 Å². The molecule has 1 aliphatic heterocycles. The average Bonchev–Trinajstić information content (AvgIpc) is 3.51. The van der Waals surface area contributed by atoms with Crippen LogP contribution in [0.5, 0.6) is 0 Å². The van der Waals surface area contributed by atoms with Gasteiger partial charge in [0.1, 0.15) is 6.07 Å². The van der Waals surface area contributed by atoms with E-state index >= 15 is 0 Å². The summed E-state index contributed by atoms with van der Waals surface area (Å²) in [6, 6.07) is 3.81. The fraction of sp³-hybridized carbons (Fsp3) is 0.429. The molecule has 10 heteroatoms. The van der Waals surface area contributed by atoms with Crippen molar-refractivity contribution in [2.75, 3.05) is 37.4 Å². The SMILES string of the molecule is CN(C(=O)CNc1cc(-c2cnc(NC(=O)C3CC3)cn2)cnc1C#N)C1CCOC1. The lowest BCUT2D eigenvalue weighted by Crippen LogP contribution is -2.40. The normalized spacial score (nSPS) is 17.6. The van der Waals surface area contributed by atoms with Crippen LogP contribution >= 0.6 is 0 Å². The zero-order valence-electron chi connectivity index (χ0n) is 17.2. The number of hydrogen-bond donors (Lipinski definition) is 2. The molecule has 0 radical (unpaired) electrons. The average molecular weight is 421 g/mol. The fourth-order valence-corrected chi connectivity index (χ4v) is 3.27. The predicted molar refractivity (Wildman–Crippen MR) is 112 cm³/mol. The Labute approximate surface area is 179 Å². The lowest BCUT2D eigenvalue weighted by molar-refractivity contribution is -0.130. The highest BCUT2D eigenvalue weighted by Gasteiger charge is 2.29. The molecule has 2 amide bonds. The van der Waals surface area contributed by atoms with E-state index < -0.39 is 0 Å². The Kier molecular flexibility index (Phi) is 6.04. The minimum atomic E-state index is -0.0969. The summed E-state index contributed by atoms with van der Waals surface area (Å²) in [5.41, 5.74) is 1.80. The summed E-state index contributed by atoms with van der Waals surface area (Å²) in [6.07, 6.45) is 7.20. The van der Waals surface area contributed by atoms with E-state index in [1.807, 2.05) is 6.07 Å². The lowest BCUT2D eigenvalue weighted by atomic mass is 10.1. The van der Waals surface area contributed by atoms with Crippen LogP contribution in [0.2, 0.25) is 0 Å². The number of pyridine rings is 1. The molecule has 1 unspecified atom stereocenters. The zero-order valence-corrected chi connectivity index (χ0v) is 17.2. The van der Waals surface area contributed by atoms with E-state index in [1.165, 1.54) is 18.6 Å². The van der Waals surface area contributed by atoms with E-state index in [4.69, 9.17) is 4.74 Å². The van der Waals surface area contributed by atoms with Crippen molar-refractivity contribution >= 4 is 23.3 Å². The fourth-order valence-electron chi connectivity index (χ4n) is 3.27. The number of nitrogens with zero attached hydrogens (tertiary/aromatic N) is 5. The molecule has 3 heterocycles. The van der Waals surface area contributed by atoms with E-state index in [2.05, 4.69) is 25.6 Å². The standard InChI is InChI=1S/C21H23N7O3/c1-28(15-4-5-31-12-15)20(29)11-25-16-6-14(8-23-17(16)7-22)18-9-26-19(10-24-18)27-21(30)13-2-3-13/h6,8-10,13,15,25H,2-5,11-12H2,1H3,(H,26,27,30). The maximum absolute atomic E-state index is 12.5. The van der Waals surface area contributed by atoms with Crippen LogP contribution in [0.4, 0.5) is 11.5 Å². The molecule has 0 aromatic carbocycles. The topological polar surface area (TPSA) is 133 Å². The second kappa shape index (κ2) is 9.06. The highest BCUT2D eigenvalue weighted by molar-refractivity contribution is 5.93. The van der Waals surface area contributed by atoms with E-state index in [1.54, 1.807) is 18.0 Å². The number of nitrogens with one attached hydrogen (secondary N) is 2. The van der Waals surface area contributed by atoms with Gasteiger partial charge in [-0.25, -0.2) is 9.97 Å². The van der Waals surface area contributed by atoms with Gasteiger partial charge in [-0.15, -0.1) is 0 Å². The van der Waals surface area contributed by atoms with Crippen molar-refractivity contribution in [3.05, 3.63) is 30.4 Å². The minimum absolute atomic E-state index is 0.0324. The summed E-state index contributed by atoms with van der Waals surface area (Å²) in [4.78, 5) is 38.7. The number of carbonyl (C=O) groups is 2. The van der Waals surface area contributed by atoms with Crippen LogP contribution in [0.25, 0.3) is 11.3 Å². The summed E-state index contributed by atoms with van der Waals surface area (Å²) >= 11 is 0. The largest absolute Gasteiger partial charge is 0.379 e. The zero-order chi connectivity index (χ0) is 21.8. The highest BCUT2D eigenvalue weighted by Crippen LogP contribution is 2.30. The summed E-state index contributed by atoms with van der Waals surface area (Å²) in [7, 11) is 1.75. The first-order valence-electron chi connectivity index (χ1n) is 10.2. The minimum Gasteiger partial charge on any atom is -0.379 e. The number of anilines is 2. The third-order valence-corrected chi connectivity index (χ3v) is 5.42. The van der Waals surface area contributed by atoms with Gasteiger partial charge in [0.05, 0.1) is 43.0 Å². The third kappa shape index (κ3) is 4.95. The smallest absolute Gasteiger partial charge is 0.241 e. The Morgan fingerprint density at radius 3 is 2.71 bits per heavy atom. The first kappa shape index (κ1) is 20.7. The Morgan fingerprint density at radius 2 is 2.06 bits per heavy atom. The number of carbonyl (C=O) groups excluding carboxylic acids is 2. The molecule has 2 N–H and O–H groups in total. The van der Waals surface area contributed by atoms with E-state index in [0.717, 1.165) is 19.3 Å². The van der Waals surface area contributed by atoms with Gasteiger partial charge in [-0.1, -0.05) is 0 Å². The first-order chi connectivity index (χ1) is 15.0. The van der Waals surface area contributed by atoms with Crippen LogP contribution in [-0.4, -0.2) is 64.5 Å². The molecular weight excluding hydrogens is 398 g/mol. The molecule has 1 saturated carbocycles. The molecule has 2 aromatic heterocycles. The molecule has 1 atom stereocenters.